The van der Waals surface area contributed by atoms with E-state index in [-0.39, 0.29) is 12.2 Å². The van der Waals surface area contributed by atoms with Gasteiger partial charge in [0.1, 0.15) is 5.75 Å². The number of carboxylic acid groups (broad SMARTS) is 2. The maximum atomic E-state index is 11.6. The fourth-order valence-corrected chi connectivity index (χ4v) is 2.61. The number of aliphatic carboxylic acids is 2. The third kappa shape index (κ3) is 4.38. The molecule has 2 rings (SSSR count). The van der Waals surface area contributed by atoms with Crippen LogP contribution >= 0.6 is 0 Å². The van der Waals surface area contributed by atoms with E-state index in [0.29, 0.717) is 6.42 Å². The van der Waals surface area contributed by atoms with Crippen molar-refractivity contribution in [2.45, 2.75) is 38.2 Å². The molecule has 132 valence electrons. The largest absolute Gasteiger partial charge is 0.478 e. The number of hydrogen-bond donors (Lipinski definition) is 2. The lowest BCUT2D eigenvalue weighted by Crippen LogP contribution is -2.51. The number of ether oxygens (including phenoxy) is 1. The highest BCUT2D eigenvalue weighted by Gasteiger charge is 2.49. The summed E-state index contributed by atoms with van der Waals surface area (Å²) in [5.74, 6) is -2.74. The van der Waals surface area contributed by atoms with Gasteiger partial charge in [-0.2, -0.15) is 0 Å². The lowest BCUT2D eigenvalue weighted by Gasteiger charge is -2.26. The van der Waals surface area contributed by atoms with E-state index in [0.717, 1.165) is 24.0 Å². The van der Waals surface area contributed by atoms with Crippen LogP contribution in [0.1, 0.15) is 32.6 Å². The molecule has 5 nitrogen and oxygen atoms in total. The zero-order chi connectivity index (χ0) is 18.3. The second-order valence-corrected chi connectivity index (χ2v) is 5.89. The van der Waals surface area contributed by atoms with Gasteiger partial charge in [-0.15, -0.1) is 0 Å². The topological polar surface area (TPSA) is 83.8 Å². The van der Waals surface area contributed by atoms with Crippen LogP contribution in [0.25, 0.3) is 11.1 Å². The van der Waals surface area contributed by atoms with E-state index >= 15 is 0 Å². The molecule has 0 fully saturated rings. The van der Waals surface area contributed by atoms with E-state index in [1.54, 1.807) is 24.3 Å². The first-order chi connectivity index (χ1) is 12.0. The maximum absolute atomic E-state index is 11.6. The van der Waals surface area contributed by atoms with Crippen molar-refractivity contribution >= 4 is 11.9 Å². The highest BCUT2D eigenvalue weighted by molar-refractivity contribution is 6.02. The highest BCUT2D eigenvalue weighted by Crippen LogP contribution is 2.28. The standard InChI is InChI=1S/C20H22O5/c1-2-3-7-14-20(18(21)22,19(23)24)25-17-12-10-16(11-13-17)15-8-5-4-6-9-15/h4-6,8-13H,2-3,7,14H2,1H3,(H,21,22)(H,23,24). The molecule has 25 heavy (non-hydrogen) atoms. The average Bonchev–Trinajstić information content (AvgIpc) is 2.62. The van der Waals surface area contributed by atoms with Gasteiger partial charge in [-0.25, -0.2) is 9.59 Å². The first-order valence-electron chi connectivity index (χ1n) is 8.31. The first-order valence-corrected chi connectivity index (χ1v) is 8.31. The average molecular weight is 342 g/mol. The predicted octanol–water partition coefficient (Wildman–Crippen LogP) is 4.22. The molecule has 0 saturated heterocycles. The van der Waals surface area contributed by atoms with Gasteiger partial charge < -0.3 is 14.9 Å². The summed E-state index contributed by atoms with van der Waals surface area (Å²) in [4.78, 5) is 23.3. The molecule has 0 bridgehead atoms. The van der Waals surface area contributed by atoms with Crippen LogP contribution in [-0.2, 0) is 9.59 Å². The van der Waals surface area contributed by atoms with E-state index in [9.17, 15) is 19.8 Å². The smallest absolute Gasteiger partial charge is 0.360 e. The summed E-state index contributed by atoms with van der Waals surface area (Å²) in [5, 5.41) is 19.0. The van der Waals surface area contributed by atoms with Crippen LogP contribution in [0.2, 0.25) is 0 Å². The van der Waals surface area contributed by atoms with Crippen molar-refractivity contribution in [3.8, 4) is 16.9 Å². The Hall–Kier alpha value is -2.82. The van der Waals surface area contributed by atoms with Gasteiger partial charge in [-0.05, 0) is 29.7 Å². The summed E-state index contributed by atoms with van der Waals surface area (Å²) in [6, 6.07) is 16.5. The Morgan fingerprint density at radius 1 is 0.880 bits per heavy atom. The van der Waals surface area contributed by atoms with Crippen LogP contribution in [0, 0.1) is 0 Å². The van der Waals surface area contributed by atoms with Crippen molar-refractivity contribution in [2.75, 3.05) is 0 Å². The summed E-state index contributed by atoms with van der Waals surface area (Å²) < 4.78 is 5.46. The van der Waals surface area contributed by atoms with Crippen LogP contribution in [0.3, 0.4) is 0 Å². The lowest BCUT2D eigenvalue weighted by atomic mass is 9.95. The van der Waals surface area contributed by atoms with E-state index in [1.807, 2.05) is 37.3 Å². The zero-order valence-electron chi connectivity index (χ0n) is 14.1. The summed E-state index contributed by atoms with van der Waals surface area (Å²) >= 11 is 0. The SMILES string of the molecule is CCCCCC(Oc1ccc(-c2ccccc2)cc1)(C(=O)O)C(=O)O. The van der Waals surface area contributed by atoms with Crippen molar-refractivity contribution in [3.63, 3.8) is 0 Å². The van der Waals surface area contributed by atoms with E-state index in [4.69, 9.17) is 4.74 Å². The molecule has 0 atom stereocenters. The monoisotopic (exact) mass is 342 g/mol. The molecule has 0 amide bonds. The zero-order valence-corrected chi connectivity index (χ0v) is 14.1. The molecule has 2 aromatic rings. The van der Waals surface area contributed by atoms with E-state index in [2.05, 4.69) is 0 Å². The van der Waals surface area contributed by atoms with Gasteiger partial charge in [0, 0.05) is 6.42 Å². The normalized spacial score (nSPS) is 11.1. The molecular formula is C20H22O5. The van der Waals surface area contributed by atoms with Crippen molar-refractivity contribution in [1.82, 2.24) is 0 Å². The second kappa shape index (κ2) is 8.33. The highest BCUT2D eigenvalue weighted by atomic mass is 16.6. The van der Waals surface area contributed by atoms with Gasteiger partial charge in [-0.3, -0.25) is 0 Å². The summed E-state index contributed by atoms with van der Waals surface area (Å²) in [6.07, 6.45) is 2.00. The van der Waals surface area contributed by atoms with Gasteiger partial charge in [0.2, 0.25) is 0 Å². The summed E-state index contributed by atoms with van der Waals surface area (Å²) in [6.45, 7) is 1.96. The Balaban J connectivity index is 2.23. The molecule has 0 saturated carbocycles. The molecule has 5 heteroatoms. The Kier molecular flexibility index (Phi) is 6.17. The molecule has 0 aliphatic rings. The fraction of sp³-hybridized carbons (Fsp3) is 0.300. The van der Waals surface area contributed by atoms with Crippen molar-refractivity contribution in [3.05, 3.63) is 54.6 Å². The van der Waals surface area contributed by atoms with Gasteiger partial charge in [0.25, 0.3) is 0 Å². The Morgan fingerprint density at radius 3 is 1.96 bits per heavy atom. The molecule has 0 spiro atoms. The Morgan fingerprint density at radius 2 is 1.44 bits per heavy atom. The number of unbranched alkanes of at least 4 members (excludes halogenated alkanes) is 2. The van der Waals surface area contributed by atoms with E-state index < -0.39 is 17.5 Å². The molecule has 0 aliphatic heterocycles. The minimum Gasteiger partial charge on any atom is -0.478 e. The quantitative estimate of drug-likeness (QED) is 0.526. The molecule has 0 aromatic heterocycles. The number of benzene rings is 2. The van der Waals surface area contributed by atoms with Crippen LogP contribution in [0.4, 0.5) is 0 Å². The Bertz CT molecular complexity index is 693. The molecule has 0 unspecified atom stereocenters. The lowest BCUT2D eigenvalue weighted by molar-refractivity contribution is -0.173. The summed E-state index contributed by atoms with van der Waals surface area (Å²) in [7, 11) is 0. The number of carbonyl (C=O) groups is 2. The second-order valence-electron chi connectivity index (χ2n) is 5.89. The van der Waals surface area contributed by atoms with Gasteiger partial charge >= 0.3 is 17.5 Å². The third-order valence-corrected chi connectivity index (χ3v) is 4.08. The van der Waals surface area contributed by atoms with E-state index in [1.165, 1.54) is 0 Å². The van der Waals surface area contributed by atoms with Gasteiger partial charge in [-0.1, -0.05) is 62.2 Å². The Labute approximate surface area is 146 Å². The predicted molar refractivity (Wildman–Crippen MR) is 94.7 cm³/mol. The molecule has 2 aromatic carbocycles. The third-order valence-electron chi connectivity index (χ3n) is 4.08. The van der Waals surface area contributed by atoms with Crippen LogP contribution in [0.5, 0.6) is 5.75 Å². The number of rotatable bonds is 9. The van der Waals surface area contributed by atoms with Gasteiger partial charge in [0.05, 0.1) is 0 Å². The van der Waals surface area contributed by atoms with Crippen molar-refractivity contribution in [1.29, 1.82) is 0 Å². The van der Waals surface area contributed by atoms with Crippen molar-refractivity contribution < 1.29 is 24.5 Å². The molecular weight excluding hydrogens is 320 g/mol. The first kappa shape index (κ1) is 18.5. The van der Waals surface area contributed by atoms with Gasteiger partial charge in [0.15, 0.2) is 0 Å². The maximum Gasteiger partial charge on any atom is 0.360 e. The molecule has 0 aliphatic carbocycles. The molecule has 2 N–H and O–H groups in total. The minimum absolute atomic E-state index is 0.0774. The summed E-state index contributed by atoms with van der Waals surface area (Å²) in [5.41, 5.74) is -0.307. The molecule has 0 radical (unpaired) electrons. The van der Waals surface area contributed by atoms with Crippen molar-refractivity contribution in [2.24, 2.45) is 0 Å². The van der Waals surface area contributed by atoms with Crippen LogP contribution in [0.15, 0.2) is 54.6 Å². The van der Waals surface area contributed by atoms with Crippen LogP contribution < -0.4 is 4.74 Å². The molecule has 0 heterocycles. The van der Waals surface area contributed by atoms with Crippen LogP contribution in [-0.4, -0.2) is 27.8 Å². The number of carboxylic acids is 2. The fourth-order valence-electron chi connectivity index (χ4n) is 2.61. The minimum atomic E-state index is -2.26. The number of hydrogen-bond acceptors (Lipinski definition) is 3.